The molecule has 2 aliphatic carbocycles. The summed E-state index contributed by atoms with van der Waals surface area (Å²) in [5, 5.41) is 6.22. The van der Waals surface area contributed by atoms with Gasteiger partial charge in [0.2, 0.25) is 0 Å². The number of benzene rings is 1. The first kappa shape index (κ1) is 13.8. The Bertz CT molecular complexity index is 646. The number of hydrogen-bond acceptors (Lipinski definition) is 2. The number of fused-ring (bicyclic) bond motifs is 4. The summed E-state index contributed by atoms with van der Waals surface area (Å²) in [5.41, 5.74) is 3.41. The number of carbonyl (C=O) groups excluding carboxylic acids is 1. The second-order valence-electron chi connectivity index (χ2n) is 7.78. The van der Waals surface area contributed by atoms with Gasteiger partial charge in [0, 0.05) is 12.0 Å². The number of urea groups is 1. The zero-order valence-corrected chi connectivity index (χ0v) is 13.4. The Hall–Kier alpha value is -1.55. The van der Waals surface area contributed by atoms with E-state index in [0.29, 0.717) is 17.4 Å². The number of carbonyl (C=O) groups is 1. The van der Waals surface area contributed by atoms with Gasteiger partial charge >= 0.3 is 6.03 Å². The molecule has 1 aromatic carbocycles. The predicted octanol–water partition coefficient (Wildman–Crippen LogP) is 2.51. The van der Waals surface area contributed by atoms with E-state index < -0.39 is 0 Å². The molecule has 2 saturated heterocycles. The lowest BCUT2D eigenvalue weighted by Gasteiger charge is -2.20. The Morgan fingerprint density at radius 2 is 2.22 bits per heavy atom. The zero-order chi connectivity index (χ0) is 15.4. The number of rotatable bonds is 3. The Labute approximate surface area is 137 Å². The van der Waals surface area contributed by atoms with Crippen LogP contribution in [0.1, 0.15) is 43.2 Å². The normalized spacial score (nSPS) is 39.5. The topological polar surface area (TPSA) is 50.4 Å². The highest BCUT2D eigenvalue weighted by atomic mass is 16.5. The smallest absolute Gasteiger partial charge is 0.315 e. The summed E-state index contributed by atoms with van der Waals surface area (Å²) in [7, 11) is 0. The standard InChI is InChI=1S/C19H24N2O2/c22-18(21-16-9-14-5-6-17(16)23-14)20-11-13-10-19(13)8-7-12-3-1-2-4-15(12)19/h1-4,13-14,16-17H,5-11H2,(H2,20,21,22). The first-order chi connectivity index (χ1) is 11.2. The van der Waals surface area contributed by atoms with Crippen molar-refractivity contribution in [3.63, 3.8) is 0 Å². The number of ether oxygens (including phenoxy) is 1. The quantitative estimate of drug-likeness (QED) is 0.901. The third-order valence-electron chi connectivity index (χ3n) is 6.56. The predicted molar refractivity (Wildman–Crippen MR) is 87.4 cm³/mol. The fourth-order valence-electron chi connectivity index (χ4n) is 5.23. The molecule has 2 N–H and O–H groups in total. The first-order valence-electron chi connectivity index (χ1n) is 9.03. The Morgan fingerprint density at radius 3 is 3.04 bits per heavy atom. The van der Waals surface area contributed by atoms with Crippen LogP contribution in [-0.4, -0.2) is 30.8 Å². The van der Waals surface area contributed by atoms with E-state index in [-0.39, 0.29) is 18.2 Å². The molecule has 5 atom stereocenters. The summed E-state index contributed by atoms with van der Waals surface area (Å²) in [4.78, 5) is 12.2. The molecule has 2 heterocycles. The maximum absolute atomic E-state index is 12.2. The SMILES string of the molecule is O=C(NCC1CC12CCc1ccccc12)NC1CC2CCC1O2. The van der Waals surface area contributed by atoms with E-state index in [1.54, 1.807) is 0 Å². The van der Waals surface area contributed by atoms with Crippen molar-refractivity contribution in [2.75, 3.05) is 6.54 Å². The molecule has 4 nitrogen and oxygen atoms in total. The average Bonchev–Trinajstić information content (AvgIpc) is 2.89. The van der Waals surface area contributed by atoms with E-state index in [0.717, 1.165) is 25.8 Å². The van der Waals surface area contributed by atoms with Gasteiger partial charge < -0.3 is 15.4 Å². The summed E-state index contributed by atoms with van der Waals surface area (Å²) < 4.78 is 5.80. The molecule has 23 heavy (non-hydrogen) atoms. The van der Waals surface area contributed by atoms with E-state index in [1.165, 1.54) is 30.4 Å². The highest BCUT2D eigenvalue weighted by molar-refractivity contribution is 5.74. The number of nitrogens with one attached hydrogen (secondary N) is 2. The molecule has 4 aliphatic rings. The van der Waals surface area contributed by atoms with E-state index >= 15 is 0 Å². The molecule has 0 aromatic heterocycles. The molecule has 5 rings (SSSR count). The lowest BCUT2D eigenvalue weighted by atomic mass is 9.95. The molecule has 2 amide bonds. The summed E-state index contributed by atoms with van der Waals surface area (Å²) in [6.07, 6.45) is 7.54. The monoisotopic (exact) mass is 312 g/mol. The van der Waals surface area contributed by atoms with E-state index in [4.69, 9.17) is 4.74 Å². The highest BCUT2D eigenvalue weighted by Gasteiger charge is 2.57. The van der Waals surface area contributed by atoms with Crippen LogP contribution in [0.5, 0.6) is 0 Å². The van der Waals surface area contributed by atoms with Crippen molar-refractivity contribution in [3.8, 4) is 0 Å². The van der Waals surface area contributed by atoms with Gasteiger partial charge in [0.15, 0.2) is 0 Å². The van der Waals surface area contributed by atoms with E-state index in [1.807, 2.05) is 0 Å². The van der Waals surface area contributed by atoms with Gasteiger partial charge in [0.05, 0.1) is 18.2 Å². The third kappa shape index (κ3) is 2.18. The van der Waals surface area contributed by atoms with Crippen molar-refractivity contribution < 1.29 is 9.53 Å². The molecule has 3 fully saturated rings. The van der Waals surface area contributed by atoms with Crippen molar-refractivity contribution in [2.45, 2.75) is 62.2 Å². The maximum atomic E-state index is 12.2. The Morgan fingerprint density at radius 1 is 1.30 bits per heavy atom. The van der Waals surface area contributed by atoms with Crippen molar-refractivity contribution in [1.82, 2.24) is 10.6 Å². The molecule has 1 saturated carbocycles. The van der Waals surface area contributed by atoms with Gasteiger partial charge in [0.25, 0.3) is 0 Å². The molecule has 2 aliphatic heterocycles. The number of amides is 2. The van der Waals surface area contributed by atoms with Gasteiger partial charge in [-0.2, -0.15) is 0 Å². The summed E-state index contributed by atoms with van der Waals surface area (Å²) >= 11 is 0. The minimum absolute atomic E-state index is 0.0144. The molecule has 5 unspecified atom stereocenters. The number of hydrogen-bond donors (Lipinski definition) is 2. The molecule has 2 bridgehead atoms. The van der Waals surface area contributed by atoms with Crippen LogP contribution in [0.3, 0.4) is 0 Å². The van der Waals surface area contributed by atoms with Crippen molar-refractivity contribution in [2.24, 2.45) is 5.92 Å². The molecular weight excluding hydrogens is 288 g/mol. The number of aryl methyl sites for hydroxylation is 1. The van der Waals surface area contributed by atoms with Crippen LogP contribution < -0.4 is 10.6 Å². The fraction of sp³-hybridized carbons (Fsp3) is 0.632. The van der Waals surface area contributed by atoms with Gasteiger partial charge in [-0.3, -0.25) is 0 Å². The van der Waals surface area contributed by atoms with Gasteiger partial charge in [0.1, 0.15) is 0 Å². The molecule has 1 aromatic rings. The van der Waals surface area contributed by atoms with Gasteiger partial charge in [-0.15, -0.1) is 0 Å². The van der Waals surface area contributed by atoms with Crippen LogP contribution >= 0.6 is 0 Å². The largest absolute Gasteiger partial charge is 0.373 e. The van der Waals surface area contributed by atoms with Crippen molar-refractivity contribution >= 4 is 6.03 Å². The van der Waals surface area contributed by atoms with Crippen LogP contribution in [0.15, 0.2) is 24.3 Å². The van der Waals surface area contributed by atoms with E-state index in [9.17, 15) is 4.79 Å². The summed E-state index contributed by atoms with van der Waals surface area (Å²) in [5.74, 6) is 0.605. The minimum Gasteiger partial charge on any atom is -0.373 e. The molecule has 122 valence electrons. The van der Waals surface area contributed by atoms with Gasteiger partial charge in [-0.25, -0.2) is 4.79 Å². The zero-order valence-electron chi connectivity index (χ0n) is 13.4. The lowest BCUT2D eigenvalue weighted by Crippen LogP contribution is -2.47. The molecule has 1 spiro atoms. The van der Waals surface area contributed by atoms with Crippen LogP contribution in [0.25, 0.3) is 0 Å². The molecule has 4 heteroatoms. The van der Waals surface area contributed by atoms with E-state index in [2.05, 4.69) is 34.9 Å². The minimum atomic E-state index is -0.0144. The van der Waals surface area contributed by atoms with Crippen molar-refractivity contribution in [1.29, 1.82) is 0 Å². The second-order valence-corrected chi connectivity index (χ2v) is 7.78. The molecular formula is C19H24N2O2. The average molecular weight is 312 g/mol. The van der Waals surface area contributed by atoms with Crippen LogP contribution in [-0.2, 0) is 16.6 Å². The Kier molecular flexibility index (Phi) is 2.99. The maximum Gasteiger partial charge on any atom is 0.315 e. The van der Waals surface area contributed by atoms with Gasteiger partial charge in [-0.1, -0.05) is 24.3 Å². The lowest BCUT2D eigenvalue weighted by molar-refractivity contribution is 0.0981. The highest BCUT2D eigenvalue weighted by Crippen LogP contribution is 2.61. The first-order valence-corrected chi connectivity index (χ1v) is 9.03. The Balaban J connectivity index is 1.15. The molecule has 0 radical (unpaired) electrons. The van der Waals surface area contributed by atoms with Crippen LogP contribution in [0.2, 0.25) is 0 Å². The third-order valence-corrected chi connectivity index (χ3v) is 6.56. The van der Waals surface area contributed by atoms with Crippen molar-refractivity contribution in [3.05, 3.63) is 35.4 Å². The second kappa shape index (κ2) is 4.97. The van der Waals surface area contributed by atoms with Gasteiger partial charge in [-0.05, 0) is 55.6 Å². The summed E-state index contributed by atoms with van der Waals surface area (Å²) in [6.45, 7) is 0.793. The van der Waals surface area contributed by atoms with Crippen LogP contribution in [0.4, 0.5) is 4.79 Å². The summed E-state index contributed by atoms with van der Waals surface area (Å²) in [6, 6.07) is 9.03. The van der Waals surface area contributed by atoms with Crippen LogP contribution in [0, 0.1) is 5.92 Å². The fourth-order valence-corrected chi connectivity index (χ4v) is 5.23.